The average molecular weight is 499 g/mol. The Kier molecular flexibility index (Phi) is 14.0. The Morgan fingerprint density at radius 3 is 2.14 bits per heavy atom. The third-order valence-electron chi connectivity index (χ3n) is 5.97. The third-order valence-corrected chi connectivity index (χ3v) is 6.35. The van der Waals surface area contributed by atoms with E-state index in [1.807, 2.05) is 37.3 Å². The number of ether oxygens (including phenoxy) is 2. The molecule has 35 heavy (non-hydrogen) atoms. The fraction of sp³-hybridized carbons (Fsp3) is 0.517. The first-order chi connectivity index (χ1) is 17.0. The molecule has 0 unspecified atom stereocenters. The van der Waals surface area contributed by atoms with E-state index in [1.54, 1.807) is 19.2 Å². The maximum absolute atomic E-state index is 12.8. The van der Waals surface area contributed by atoms with E-state index in [2.05, 4.69) is 17.6 Å². The van der Waals surface area contributed by atoms with Gasteiger partial charge in [-0.25, -0.2) is 0 Å². The molecule has 0 saturated carbocycles. The van der Waals surface area contributed by atoms with E-state index in [4.69, 9.17) is 21.7 Å². The van der Waals surface area contributed by atoms with Gasteiger partial charge in [0.15, 0.2) is 0 Å². The summed E-state index contributed by atoms with van der Waals surface area (Å²) in [4.78, 5) is 13.4. The van der Waals surface area contributed by atoms with Gasteiger partial charge in [0.2, 0.25) is 0 Å². The van der Waals surface area contributed by atoms with Gasteiger partial charge >= 0.3 is 0 Å². The lowest BCUT2D eigenvalue weighted by molar-refractivity contribution is 0.102. The molecule has 2 aromatic carbocycles. The highest BCUT2D eigenvalue weighted by molar-refractivity contribution is 7.80. The molecule has 0 aliphatic carbocycles. The van der Waals surface area contributed by atoms with Crippen LogP contribution in [0.1, 0.15) is 86.2 Å². The van der Waals surface area contributed by atoms with Gasteiger partial charge in [-0.2, -0.15) is 0 Å². The third kappa shape index (κ3) is 11.2. The van der Waals surface area contributed by atoms with Crippen molar-refractivity contribution in [2.75, 3.05) is 32.2 Å². The molecule has 5 nitrogen and oxygen atoms in total. The van der Waals surface area contributed by atoms with Crippen molar-refractivity contribution in [3.05, 3.63) is 59.2 Å². The fourth-order valence-electron chi connectivity index (χ4n) is 3.77. The van der Waals surface area contributed by atoms with Crippen molar-refractivity contribution in [1.82, 2.24) is 5.32 Å². The maximum atomic E-state index is 12.8. The number of nitrogens with one attached hydrogen (secondary N) is 2. The van der Waals surface area contributed by atoms with Crippen molar-refractivity contribution in [3.63, 3.8) is 0 Å². The van der Waals surface area contributed by atoms with Gasteiger partial charge in [0.1, 0.15) is 10.7 Å². The average Bonchev–Trinajstić information content (AvgIpc) is 2.87. The first-order valence-corrected chi connectivity index (χ1v) is 13.4. The quantitative estimate of drug-likeness (QED) is 0.180. The van der Waals surface area contributed by atoms with Gasteiger partial charge in [0.25, 0.3) is 5.91 Å². The zero-order valence-electron chi connectivity index (χ0n) is 21.7. The van der Waals surface area contributed by atoms with Crippen LogP contribution in [0.4, 0.5) is 5.69 Å². The normalized spacial score (nSPS) is 10.7. The van der Waals surface area contributed by atoms with Crippen LogP contribution in [-0.4, -0.2) is 37.8 Å². The summed E-state index contributed by atoms with van der Waals surface area (Å²) in [6, 6.07) is 13.1. The van der Waals surface area contributed by atoms with Gasteiger partial charge in [0, 0.05) is 30.5 Å². The summed E-state index contributed by atoms with van der Waals surface area (Å²) in [5.74, 6) is 0.640. The number of benzene rings is 2. The van der Waals surface area contributed by atoms with Gasteiger partial charge in [0.05, 0.1) is 13.2 Å². The molecule has 0 aliphatic rings. The number of rotatable bonds is 17. The monoisotopic (exact) mass is 498 g/mol. The Labute approximate surface area is 217 Å². The van der Waals surface area contributed by atoms with Crippen LogP contribution in [0.15, 0.2) is 42.5 Å². The van der Waals surface area contributed by atoms with E-state index in [0.29, 0.717) is 30.3 Å². The summed E-state index contributed by atoms with van der Waals surface area (Å²) < 4.78 is 10.9. The van der Waals surface area contributed by atoms with E-state index in [0.717, 1.165) is 29.0 Å². The molecule has 0 saturated heterocycles. The van der Waals surface area contributed by atoms with Crippen LogP contribution in [0.5, 0.6) is 5.75 Å². The molecular formula is C29H42N2O3S. The molecule has 0 radical (unpaired) electrons. The van der Waals surface area contributed by atoms with Crippen LogP contribution < -0.4 is 15.4 Å². The SMILES string of the molecule is CCCCCCCCCCCOc1ccc(C(=O)Nc2cc(C(=S)NCCOC)ccc2C)cc1. The second-order valence-corrected chi connectivity index (χ2v) is 9.34. The largest absolute Gasteiger partial charge is 0.494 e. The predicted molar refractivity (Wildman–Crippen MR) is 150 cm³/mol. The highest BCUT2D eigenvalue weighted by Crippen LogP contribution is 2.20. The second-order valence-electron chi connectivity index (χ2n) is 8.93. The van der Waals surface area contributed by atoms with E-state index in [-0.39, 0.29) is 5.91 Å². The predicted octanol–water partition coefficient (Wildman–Crippen LogP) is 7.07. The van der Waals surface area contributed by atoms with Crippen molar-refractivity contribution in [2.24, 2.45) is 0 Å². The number of amides is 1. The molecule has 2 rings (SSSR count). The number of anilines is 1. The lowest BCUT2D eigenvalue weighted by Crippen LogP contribution is -2.26. The summed E-state index contributed by atoms with van der Waals surface area (Å²) in [5.41, 5.74) is 3.17. The Bertz CT molecular complexity index is 899. The zero-order chi connectivity index (χ0) is 25.3. The standard InChI is InChI=1S/C29H42N2O3S/c1-4-5-6-7-8-9-10-11-12-20-34-26-17-15-24(16-18-26)28(32)31-27-22-25(14-13-23(27)2)29(35)30-19-21-33-3/h13-18,22H,4-12,19-21H2,1-3H3,(H,30,35)(H,31,32). The Balaban J connectivity index is 1.75. The number of hydrogen-bond donors (Lipinski definition) is 2. The fourth-order valence-corrected chi connectivity index (χ4v) is 4.00. The van der Waals surface area contributed by atoms with Crippen LogP contribution in [-0.2, 0) is 4.74 Å². The molecule has 0 aromatic heterocycles. The van der Waals surface area contributed by atoms with Crippen molar-refractivity contribution < 1.29 is 14.3 Å². The van der Waals surface area contributed by atoms with Gasteiger partial charge in [-0.15, -0.1) is 0 Å². The minimum absolute atomic E-state index is 0.158. The Morgan fingerprint density at radius 2 is 1.49 bits per heavy atom. The number of carbonyl (C=O) groups is 1. The van der Waals surface area contributed by atoms with Crippen LogP contribution in [0.3, 0.4) is 0 Å². The van der Waals surface area contributed by atoms with Crippen LogP contribution in [0.2, 0.25) is 0 Å². The molecule has 2 N–H and O–H groups in total. The molecule has 2 aromatic rings. The number of thiocarbonyl (C=S) groups is 1. The summed E-state index contributed by atoms with van der Waals surface area (Å²) in [6.45, 7) is 6.15. The van der Waals surface area contributed by atoms with Gasteiger partial charge in [-0.05, 0) is 49.2 Å². The topological polar surface area (TPSA) is 59.6 Å². The Hall–Kier alpha value is -2.44. The molecule has 1 amide bonds. The summed E-state index contributed by atoms with van der Waals surface area (Å²) in [7, 11) is 1.65. The van der Waals surface area contributed by atoms with E-state index < -0.39 is 0 Å². The van der Waals surface area contributed by atoms with Gasteiger partial charge in [-0.3, -0.25) is 4.79 Å². The maximum Gasteiger partial charge on any atom is 0.255 e. The molecule has 192 valence electrons. The van der Waals surface area contributed by atoms with E-state index in [1.165, 1.54) is 51.4 Å². The number of unbranched alkanes of at least 4 members (excludes halogenated alkanes) is 8. The second kappa shape index (κ2) is 17.1. The van der Waals surface area contributed by atoms with Crippen LogP contribution in [0, 0.1) is 6.92 Å². The lowest BCUT2D eigenvalue weighted by Gasteiger charge is -2.13. The molecule has 0 spiro atoms. The highest BCUT2D eigenvalue weighted by atomic mass is 32.1. The molecular weight excluding hydrogens is 456 g/mol. The summed E-state index contributed by atoms with van der Waals surface area (Å²) in [5, 5.41) is 6.16. The first-order valence-electron chi connectivity index (χ1n) is 13.0. The lowest BCUT2D eigenvalue weighted by atomic mass is 10.1. The Morgan fingerprint density at radius 1 is 0.857 bits per heavy atom. The van der Waals surface area contributed by atoms with Crippen molar-refractivity contribution in [3.8, 4) is 5.75 Å². The molecule has 6 heteroatoms. The van der Waals surface area contributed by atoms with Gasteiger partial charge < -0.3 is 20.1 Å². The van der Waals surface area contributed by atoms with Crippen LogP contribution >= 0.6 is 12.2 Å². The molecule has 0 fully saturated rings. The number of methoxy groups -OCH3 is 1. The smallest absolute Gasteiger partial charge is 0.255 e. The molecule has 0 heterocycles. The number of carbonyl (C=O) groups excluding carboxylic acids is 1. The van der Waals surface area contributed by atoms with Crippen LogP contribution in [0.25, 0.3) is 0 Å². The first kappa shape index (κ1) is 28.8. The van der Waals surface area contributed by atoms with Crippen molar-refractivity contribution >= 4 is 28.8 Å². The van der Waals surface area contributed by atoms with E-state index in [9.17, 15) is 4.79 Å². The minimum atomic E-state index is -0.158. The minimum Gasteiger partial charge on any atom is -0.494 e. The summed E-state index contributed by atoms with van der Waals surface area (Å²) >= 11 is 5.45. The zero-order valence-corrected chi connectivity index (χ0v) is 22.5. The highest BCUT2D eigenvalue weighted by Gasteiger charge is 2.10. The van der Waals surface area contributed by atoms with E-state index >= 15 is 0 Å². The summed E-state index contributed by atoms with van der Waals surface area (Å²) in [6.07, 6.45) is 11.6. The molecule has 0 bridgehead atoms. The van der Waals surface area contributed by atoms with Crippen molar-refractivity contribution in [2.45, 2.75) is 71.6 Å². The van der Waals surface area contributed by atoms with Crippen molar-refractivity contribution in [1.29, 1.82) is 0 Å². The molecule has 0 aliphatic heterocycles. The number of hydrogen-bond acceptors (Lipinski definition) is 4. The van der Waals surface area contributed by atoms with Gasteiger partial charge in [-0.1, -0.05) is 82.6 Å². The number of aryl methyl sites for hydroxylation is 1. The molecule has 0 atom stereocenters.